The molecule has 1 unspecified atom stereocenters. The molecule has 0 aromatic heterocycles. The summed E-state index contributed by atoms with van der Waals surface area (Å²) in [5.74, 6) is -2.53. The summed E-state index contributed by atoms with van der Waals surface area (Å²) in [6.45, 7) is 7.10. The van der Waals surface area contributed by atoms with Crippen LogP contribution in [0.4, 0.5) is 0 Å². The predicted octanol–water partition coefficient (Wildman–Crippen LogP) is 2.85. The minimum absolute atomic E-state index is 0.0132. The lowest BCUT2D eigenvalue weighted by Crippen LogP contribution is -2.09. The number of rotatable bonds is 8. The molecular formula is C13H20O4. The van der Waals surface area contributed by atoms with Crippen molar-refractivity contribution in [2.24, 2.45) is 5.92 Å². The zero-order valence-corrected chi connectivity index (χ0v) is 10.4. The molecule has 0 saturated heterocycles. The van der Waals surface area contributed by atoms with Crippen LogP contribution in [0.15, 0.2) is 23.8 Å². The lowest BCUT2D eigenvalue weighted by atomic mass is 9.97. The van der Waals surface area contributed by atoms with E-state index in [2.05, 4.69) is 6.58 Å². The molecule has 0 aliphatic rings. The van der Waals surface area contributed by atoms with Gasteiger partial charge in [0.1, 0.15) is 0 Å². The molecule has 1 atom stereocenters. The number of aliphatic carboxylic acids is 2. The Kier molecular flexibility index (Phi) is 6.94. The van der Waals surface area contributed by atoms with Crippen molar-refractivity contribution in [3.63, 3.8) is 0 Å². The second-order valence-corrected chi connectivity index (χ2v) is 4.07. The molecule has 0 bridgehead atoms. The summed E-state index contributed by atoms with van der Waals surface area (Å²) in [6, 6.07) is 0. The third kappa shape index (κ3) is 5.90. The summed E-state index contributed by atoms with van der Waals surface area (Å²) in [5.41, 5.74) is 0.285. The quantitative estimate of drug-likeness (QED) is 0.505. The molecule has 0 amide bonds. The summed E-state index contributed by atoms with van der Waals surface area (Å²) in [4.78, 5) is 21.7. The van der Waals surface area contributed by atoms with Gasteiger partial charge in [-0.05, 0) is 12.8 Å². The molecule has 0 saturated carbocycles. The molecule has 0 radical (unpaired) electrons. The molecule has 0 spiro atoms. The van der Waals surface area contributed by atoms with Gasteiger partial charge in [0.2, 0.25) is 0 Å². The van der Waals surface area contributed by atoms with E-state index in [1.807, 2.05) is 6.92 Å². The summed E-state index contributed by atoms with van der Waals surface area (Å²) in [6.07, 6.45) is 4.75. The summed E-state index contributed by atoms with van der Waals surface area (Å²) < 4.78 is 0. The number of allylic oxidation sites excluding steroid dienone is 1. The van der Waals surface area contributed by atoms with Crippen LogP contribution in [0, 0.1) is 5.92 Å². The molecule has 2 N–H and O–H groups in total. The Balaban J connectivity index is 4.63. The van der Waals surface area contributed by atoms with Gasteiger partial charge in [0.25, 0.3) is 0 Å². The van der Waals surface area contributed by atoms with Gasteiger partial charge < -0.3 is 10.2 Å². The minimum Gasteiger partial charge on any atom is -0.478 e. The molecule has 0 rings (SSSR count). The number of carbonyl (C=O) groups is 2. The highest BCUT2D eigenvalue weighted by atomic mass is 16.4. The lowest BCUT2D eigenvalue weighted by molar-refractivity contribution is -0.134. The van der Waals surface area contributed by atoms with Crippen LogP contribution in [0.3, 0.4) is 0 Å². The van der Waals surface area contributed by atoms with E-state index in [1.54, 1.807) is 6.92 Å². The third-order valence-electron chi connectivity index (χ3n) is 2.60. The molecule has 96 valence electrons. The summed E-state index contributed by atoms with van der Waals surface area (Å²) in [7, 11) is 0. The van der Waals surface area contributed by atoms with Gasteiger partial charge in [-0.25, -0.2) is 9.59 Å². The van der Waals surface area contributed by atoms with E-state index in [1.165, 1.54) is 6.08 Å². The highest BCUT2D eigenvalue weighted by Gasteiger charge is 2.14. The topological polar surface area (TPSA) is 74.6 Å². The highest BCUT2D eigenvalue weighted by Crippen LogP contribution is 2.17. The zero-order valence-electron chi connectivity index (χ0n) is 10.4. The molecule has 0 heterocycles. The van der Waals surface area contributed by atoms with Crippen LogP contribution in [0.5, 0.6) is 0 Å². The molecule has 4 nitrogen and oxygen atoms in total. The fraction of sp³-hybridized carbons (Fsp3) is 0.538. The van der Waals surface area contributed by atoms with Crippen LogP contribution in [-0.2, 0) is 9.59 Å². The predicted molar refractivity (Wildman–Crippen MR) is 65.8 cm³/mol. The molecule has 0 aliphatic carbocycles. The first-order chi connectivity index (χ1) is 7.90. The van der Waals surface area contributed by atoms with Gasteiger partial charge in [0.05, 0.1) is 0 Å². The molecule has 4 heteroatoms. The summed E-state index contributed by atoms with van der Waals surface area (Å²) >= 11 is 0. The van der Waals surface area contributed by atoms with Gasteiger partial charge in [-0.15, -0.1) is 0 Å². The van der Waals surface area contributed by atoms with Gasteiger partial charge in [0.15, 0.2) is 0 Å². The largest absolute Gasteiger partial charge is 0.478 e. The summed E-state index contributed by atoms with van der Waals surface area (Å²) in [5, 5.41) is 17.7. The Labute approximate surface area is 102 Å². The van der Waals surface area contributed by atoms with Gasteiger partial charge >= 0.3 is 11.9 Å². The number of hydrogen-bond donors (Lipinski definition) is 2. The first-order valence-corrected chi connectivity index (χ1v) is 5.76. The number of carboxylic acids is 2. The molecule has 0 aromatic carbocycles. The lowest BCUT2D eigenvalue weighted by Gasteiger charge is -2.08. The Morgan fingerprint density at radius 3 is 2.24 bits per heavy atom. The van der Waals surface area contributed by atoms with Gasteiger partial charge in [-0.2, -0.15) is 0 Å². The Hall–Kier alpha value is -1.58. The van der Waals surface area contributed by atoms with Crippen molar-refractivity contribution >= 4 is 11.9 Å². The van der Waals surface area contributed by atoms with Crippen molar-refractivity contribution in [1.29, 1.82) is 0 Å². The van der Waals surface area contributed by atoms with E-state index in [-0.39, 0.29) is 11.1 Å². The highest BCUT2D eigenvalue weighted by molar-refractivity contribution is 5.89. The molecule has 0 aliphatic heterocycles. The van der Waals surface area contributed by atoms with Crippen molar-refractivity contribution in [2.45, 2.75) is 39.5 Å². The van der Waals surface area contributed by atoms with Crippen LogP contribution in [-0.4, -0.2) is 22.2 Å². The molecule has 17 heavy (non-hydrogen) atoms. The van der Waals surface area contributed by atoms with Gasteiger partial charge in [0, 0.05) is 17.1 Å². The molecule has 0 fully saturated rings. The average molecular weight is 240 g/mol. The van der Waals surface area contributed by atoms with Crippen LogP contribution >= 0.6 is 0 Å². The fourth-order valence-corrected chi connectivity index (χ4v) is 1.42. The van der Waals surface area contributed by atoms with E-state index in [9.17, 15) is 9.59 Å². The maximum atomic E-state index is 11.0. The van der Waals surface area contributed by atoms with Gasteiger partial charge in [-0.3, -0.25) is 0 Å². The van der Waals surface area contributed by atoms with Crippen molar-refractivity contribution in [3.05, 3.63) is 23.8 Å². The molecule has 0 aromatic rings. The third-order valence-corrected chi connectivity index (χ3v) is 2.60. The number of unbranched alkanes of at least 4 members (excludes halogenated alkanes) is 2. The smallest absolute Gasteiger partial charge is 0.331 e. The van der Waals surface area contributed by atoms with E-state index >= 15 is 0 Å². The van der Waals surface area contributed by atoms with Crippen LogP contribution in [0.25, 0.3) is 0 Å². The van der Waals surface area contributed by atoms with Crippen LogP contribution in [0.2, 0.25) is 0 Å². The van der Waals surface area contributed by atoms with E-state index in [4.69, 9.17) is 10.2 Å². The SMILES string of the molecule is C=C(C(=O)O)C(C)C=C(CCCCC)C(=O)O. The van der Waals surface area contributed by atoms with E-state index < -0.39 is 17.9 Å². The molecular weight excluding hydrogens is 220 g/mol. The minimum atomic E-state index is -1.09. The van der Waals surface area contributed by atoms with E-state index in [0.29, 0.717) is 6.42 Å². The standard InChI is InChI=1S/C13H20O4/c1-4-5-6-7-11(13(16)17)8-9(2)10(3)12(14)15/h8-9H,3-7H2,1-2H3,(H,14,15)(H,16,17). The van der Waals surface area contributed by atoms with E-state index in [0.717, 1.165) is 19.3 Å². The maximum absolute atomic E-state index is 11.0. The Morgan fingerprint density at radius 2 is 1.82 bits per heavy atom. The van der Waals surface area contributed by atoms with Crippen molar-refractivity contribution in [2.75, 3.05) is 0 Å². The van der Waals surface area contributed by atoms with Crippen molar-refractivity contribution in [1.82, 2.24) is 0 Å². The number of carboxylic acid groups (broad SMARTS) is 2. The van der Waals surface area contributed by atoms with Crippen molar-refractivity contribution in [3.8, 4) is 0 Å². The fourth-order valence-electron chi connectivity index (χ4n) is 1.42. The second-order valence-electron chi connectivity index (χ2n) is 4.07. The first-order valence-electron chi connectivity index (χ1n) is 5.76. The first kappa shape index (κ1) is 15.4. The van der Waals surface area contributed by atoms with Gasteiger partial charge in [-0.1, -0.05) is 39.3 Å². The average Bonchev–Trinajstić information content (AvgIpc) is 2.26. The second kappa shape index (κ2) is 7.65. The Bertz CT molecular complexity index is 328. The van der Waals surface area contributed by atoms with Crippen LogP contribution in [0.1, 0.15) is 39.5 Å². The monoisotopic (exact) mass is 240 g/mol. The van der Waals surface area contributed by atoms with Crippen LogP contribution < -0.4 is 0 Å². The maximum Gasteiger partial charge on any atom is 0.331 e. The Morgan fingerprint density at radius 1 is 1.24 bits per heavy atom. The zero-order chi connectivity index (χ0) is 13.4. The van der Waals surface area contributed by atoms with Crippen molar-refractivity contribution < 1.29 is 19.8 Å². The normalized spacial score (nSPS) is 13.2. The number of hydrogen-bond acceptors (Lipinski definition) is 2.